The Morgan fingerprint density at radius 2 is 2.00 bits per heavy atom. The molecule has 1 saturated heterocycles. The fourth-order valence-electron chi connectivity index (χ4n) is 4.90. The van der Waals surface area contributed by atoms with E-state index in [9.17, 15) is 5.11 Å². The Morgan fingerprint density at radius 3 is 2.77 bits per heavy atom. The zero-order valence-corrected chi connectivity index (χ0v) is 22.8. The fraction of sp³-hybridized carbons (Fsp3) is 0.414. The molecule has 39 heavy (non-hydrogen) atoms. The van der Waals surface area contributed by atoms with Crippen molar-refractivity contribution < 1.29 is 14.6 Å². The van der Waals surface area contributed by atoms with Crippen molar-refractivity contribution in [1.82, 2.24) is 29.7 Å². The monoisotopic (exact) mass is 548 g/mol. The molecule has 0 radical (unpaired) electrons. The molecule has 4 aromatic rings. The molecule has 1 saturated carbocycles. The number of rotatable bonds is 10. The molecule has 0 amide bonds. The van der Waals surface area contributed by atoms with Gasteiger partial charge in [0.05, 0.1) is 18.2 Å². The van der Waals surface area contributed by atoms with Crippen LogP contribution in [0.5, 0.6) is 11.6 Å². The van der Waals surface area contributed by atoms with Gasteiger partial charge < -0.3 is 24.5 Å². The van der Waals surface area contributed by atoms with Gasteiger partial charge in [-0.2, -0.15) is 4.98 Å². The van der Waals surface area contributed by atoms with Crippen molar-refractivity contribution in [3.63, 3.8) is 0 Å². The molecule has 1 aliphatic heterocycles. The van der Waals surface area contributed by atoms with Gasteiger partial charge in [-0.25, -0.2) is 9.97 Å². The predicted octanol–water partition coefficient (Wildman–Crippen LogP) is 3.77. The number of imidazole rings is 1. The second-order valence-electron chi connectivity index (χ2n) is 10.5. The van der Waals surface area contributed by atoms with Gasteiger partial charge in [0.15, 0.2) is 11.2 Å². The smallest absolute Gasteiger partial charge is 0.245 e. The van der Waals surface area contributed by atoms with Crippen molar-refractivity contribution in [2.24, 2.45) is 0 Å². The van der Waals surface area contributed by atoms with Crippen LogP contribution in [-0.2, 0) is 6.54 Å². The molecule has 9 nitrogen and oxygen atoms in total. The third kappa shape index (κ3) is 5.86. The van der Waals surface area contributed by atoms with Crippen molar-refractivity contribution in [2.45, 2.75) is 38.0 Å². The molecule has 10 heteroatoms. The molecule has 2 fully saturated rings. The number of nitrogens with zero attached hydrogens (tertiary/aromatic N) is 5. The molecule has 2 aromatic heterocycles. The van der Waals surface area contributed by atoms with Crippen LogP contribution in [0.15, 0.2) is 54.9 Å². The summed E-state index contributed by atoms with van der Waals surface area (Å²) in [5, 5.41) is 13.3. The second-order valence-corrected chi connectivity index (χ2v) is 10.9. The van der Waals surface area contributed by atoms with Crippen LogP contribution >= 0.6 is 11.6 Å². The number of nitrogens with one attached hydrogen (secondary N) is 1. The summed E-state index contributed by atoms with van der Waals surface area (Å²) in [6.07, 6.45) is 3.54. The number of benzene rings is 2. The molecule has 2 aliphatic rings. The summed E-state index contributed by atoms with van der Waals surface area (Å²) in [5.74, 6) is 1.90. The third-order valence-corrected chi connectivity index (χ3v) is 7.71. The lowest BCUT2D eigenvalue weighted by Crippen LogP contribution is -2.52. The Hall–Kier alpha value is -3.24. The molecule has 0 unspecified atom stereocenters. The summed E-state index contributed by atoms with van der Waals surface area (Å²) in [5.41, 5.74) is 3.06. The molecule has 0 spiro atoms. The molecule has 0 bridgehead atoms. The SMILES string of the molecule is CC1(Oc2ncnc3c2nc(-c2ccc(OCCN4CCN[C@@H](CO)C4)cc2Cl)n3Cc2ccccc2)CC1. The van der Waals surface area contributed by atoms with Gasteiger partial charge in [-0.05, 0) is 43.5 Å². The van der Waals surface area contributed by atoms with E-state index in [1.54, 1.807) is 0 Å². The Morgan fingerprint density at radius 1 is 1.15 bits per heavy atom. The highest BCUT2D eigenvalue weighted by Gasteiger charge is 2.41. The Labute approximate surface area is 232 Å². The van der Waals surface area contributed by atoms with Crippen LogP contribution in [0.2, 0.25) is 5.02 Å². The molecule has 1 aliphatic carbocycles. The Kier molecular flexibility index (Phi) is 7.40. The summed E-state index contributed by atoms with van der Waals surface area (Å²) < 4.78 is 14.3. The zero-order valence-electron chi connectivity index (χ0n) is 22.0. The van der Waals surface area contributed by atoms with E-state index < -0.39 is 0 Å². The van der Waals surface area contributed by atoms with E-state index in [0.717, 1.165) is 50.1 Å². The van der Waals surface area contributed by atoms with Gasteiger partial charge in [0.25, 0.3) is 0 Å². The Bertz CT molecular complexity index is 1440. The number of fused-ring (bicyclic) bond motifs is 1. The van der Waals surface area contributed by atoms with E-state index >= 15 is 0 Å². The summed E-state index contributed by atoms with van der Waals surface area (Å²) >= 11 is 6.84. The standard InChI is InChI=1S/C29H33ClN6O3/c1-29(9-10-29)39-28-25-27(32-19-33-28)36(16-20-5-3-2-4-6-20)26(34-25)23-8-7-22(15-24(23)30)38-14-13-35-12-11-31-21(17-35)18-37/h2-8,15,19,21,31,37H,9-14,16-18H2,1H3/t21-/m1/s1. The van der Waals surface area contributed by atoms with Crippen molar-refractivity contribution in [1.29, 1.82) is 0 Å². The van der Waals surface area contributed by atoms with Gasteiger partial charge in [-0.15, -0.1) is 0 Å². The third-order valence-electron chi connectivity index (χ3n) is 7.40. The van der Waals surface area contributed by atoms with Crippen molar-refractivity contribution >= 4 is 22.8 Å². The first-order valence-corrected chi connectivity index (χ1v) is 13.8. The average molecular weight is 549 g/mol. The number of hydrogen-bond acceptors (Lipinski definition) is 8. The van der Waals surface area contributed by atoms with Gasteiger partial charge in [0.1, 0.15) is 30.1 Å². The van der Waals surface area contributed by atoms with E-state index in [4.69, 9.17) is 26.1 Å². The molecular weight excluding hydrogens is 516 g/mol. The predicted molar refractivity (Wildman–Crippen MR) is 150 cm³/mol. The topological polar surface area (TPSA) is 97.6 Å². The average Bonchev–Trinajstić information content (AvgIpc) is 3.57. The molecule has 2 aromatic carbocycles. The highest BCUT2D eigenvalue weighted by Crippen LogP contribution is 2.41. The van der Waals surface area contributed by atoms with Crippen LogP contribution in [0.1, 0.15) is 25.3 Å². The maximum Gasteiger partial charge on any atom is 0.245 e. The van der Waals surface area contributed by atoms with Gasteiger partial charge in [0.2, 0.25) is 5.88 Å². The minimum absolute atomic E-state index is 0.116. The van der Waals surface area contributed by atoms with Gasteiger partial charge in [0, 0.05) is 37.8 Å². The van der Waals surface area contributed by atoms with Gasteiger partial charge >= 0.3 is 0 Å². The Balaban J connectivity index is 1.27. The number of hydrogen-bond donors (Lipinski definition) is 2. The number of halogens is 1. The number of piperazine rings is 1. The van der Waals surface area contributed by atoms with E-state index in [1.807, 2.05) is 36.4 Å². The lowest BCUT2D eigenvalue weighted by atomic mass is 10.2. The lowest BCUT2D eigenvalue weighted by molar-refractivity contribution is 0.132. The van der Waals surface area contributed by atoms with Crippen molar-refractivity contribution in [3.05, 3.63) is 65.4 Å². The maximum absolute atomic E-state index is 9.42. The van der Waals surface area contributed by atoms with Crippen LogP contribution in [0, 0.1) is 0 Å². The molecule has 6 rings (SSSR count). The van der Waals surface area contributed by atoms with Crippen LogP contribution in [0.25, 0.3) is 22.6 Å². The molecule has 1 atom stereocenters. The van der Waals surface area contributed by atoms with E-state index in [0.29, 0.717) is 46.8 Å². The van der Waals surface area contributed by atoms with Gasteiger partial charge in [-0.1, -0.05) is 41.9 Å². The number of aromatic nitrogens is 4. The molecule has 204 valence electrons. The van der Waals surface area contributed by atoms with Crippen LogP contribution in [0.3, 0.4) is 0 Å². The maximum atomic E-state index is 9.42. The minimum Gasteiger partial charge on any atom is -0.492 e. The normalized spacial score (nSPS) is 18.8. The lowest BCUT2D eigenvalue weighted by Gasteiger charge is -2.32. The summed E-state index contributed by atoms with van der Waals surface area (Å²) in [7, 11) is 0. The first kappa shape index (κ1) is 26.0. The summed E-state index contributed by atoms with van der Waals surface area (Å²) in [6, 6.07) is 16.0. The van der Waals surface area contributed by atoms with Crippen molar-refractivity contribution in [2.75, 3.05) is 39.4 Å². The zero-order chi connectivity index (χ0) is 26.8. The largest absolute Gasteiger partial charge is 0.492 e. The van der Waals surface area contributed by atoms with Crippen LogP contribution < -0.4 is 14.8 Å². The molecule has 2 N–H and O–H groups in total. The van der Waals surface area contributed by atoms with Crippen molar-refractivity contribution in [3.8, 4) is 23.0 Å². The first-order chi connectivity index (χ1) is 19.0. The fourth-order valence-corrected chi connectivity index (χ4v) is 5.16. The van der Waals surface area contributed by atoms with Gasteiger partial charge in [-0.3, -0.25) is 4.90 Å². The summed E-state index contributed by atoms with van der Waals surface area (Å²) in [6.45, 7) is 6.74. The minimum atomic E-state index is -0.189. The number of aliphatic hydroxyl groups is 1. The first-order valence-electron chi connectivity index (χ1n) is 13.4. The van der Waals surface area contributed by atoms with Crippen LogP contribution in [-0.4, -0.2) is 80.6 Å². The highest BCUT2D eigenvalue weighted by atomic mass is 35.5. The van der Waals surface area contributed by atoms with E-state index in [2.05, 4.69) is 43.8 Å². The number of aliphatic hydroxyl groups excluding tert-OH is 1. The van der Waals surface area contributed by atoms with Crippen LogP contribution in [0.4, 0.5) is 0 Å². The van der Waals surface area contributed by atoms with E-state index in [1.165, 1.54) is 6.33 Å². The quantitative estimate of drug-likeness (QED) is 0.309. The van der Waals surface area contributed by atoms with E-state index in [-0.39, 0.29) is 18.2 Å². The highest BCUT2D eigenvalue weighted by molar-refractivity contribution is 6.33. The number of ether oxygens (including phenoxy) is 2. The summed E-state index contributed by atoms with van der Waals surface area (Å²) in [4.78, 5) is 16.3. The second kappa shape index (κ2) is 11.1. The molecular formula is C29H33ClN6O3. The molecule has 3 heterocycles.